The molecule has 0 atom stereocenters. The van der Waals surface area contributed by atoms with E-state index >= 15 is 0 Å². The van der Waals surface area contributed by atoms with Gasteiger partial charge in [0.1, 0.15) is 11.5 Å². The van der Waals surface area contributed by atoms with Gasteiger partial charge in [-0.2, -0.15) is 0 Å². The average molecular weight is 423 g/mol. The van der Waals surface area contributed by atoms with Crippen LogP contribution in [0.1, 0.15) is 17.5 Å². The molecule has 0 unspecified atom stereocenters. The first-order chi connectivity index (χ1) is 16.4. The van der Waals surface area contributed by atoms with E-state index in [1.54, 1.807) is 0 Å². The lowest BCUT2D eigenvalue weighted by atomic mass is 9.89. The number of fused-ring (bicyclic) bond motifs is 1. The zero-order valence-corrected chi connectivity index (χ0v) is 18.2. The Balaban J connectivity index is 1.61. The SMILES string of the molecule is c1cccc(-c2ccc(-c3ccccc3)cc2-c2oc(-c3ccccc3)c3c2CCC=C3)c#1. The molecule has 1 aromatic heterocycles. The van der Waals surface area contributed by atoms with Crippen LogP contribution >= 0.6 is 0 Å². The first-order valence-corrected chi connectivity index (χ1v) is 11.3. The summed E-state index contributed by atoms with van der Waals surface area (Å²) in [5.74, 6) is 1.90. The molecular formula is C32H22O. The molecule has 1 aliphatic carbocycles. The van der Waals surface area contributed by atoms with Crippen molar-refractivity contribution in [1.29, 1.82) is 0 Å². The van der Waals surface area contributed by atoms with Crippen molar-refractivity contribution >= 4 is 6.08 Å². The summed E-state index contributed by atoms with van der Waals surface area (Å²) < 4.78 is 6.72. The summed E-state index contributed by atoms with van der Waals surface area (Å²) in [7, 11) is 0. The molecule has 0 fully saturated rings. The van der Waals surface area contributed by atoms with Gasteiger partial charge < -0.3 is 4.42 Å². The third kappa shape index (κ3) is 3.56. The van der Waals surface area contributed by atoms with Gasteiger partial charge in [-0.05, 0) is 42.2 Å². The van der Waals surface area contributed by atoms with Gasteiger partial charge >= 0.3 is 0 Å². The molecule has 0 aliphatic heterocycles. The van der Waals surface area contributed by atoms with Crippen LogP contribution in [-0.2, 0) is 6.42 Å². The maximum absolute atomic E-state index is 6.72. The standard InChI is InChI=1S/C32H22O/c1-4-12-23(13-5-1)26-20-21-27(24-14-6-2-7-15-24)30(22-26)32-29-19-11-10-18-28(29)31(33-32)25-16-8-3-9-17-25/h1-6,8-10,12-14,16-18,20-22H,11,19H2. The highest BCUT2D eigenvalue weighted by atomic mass is 16.3. The number of allylic oxidation sites excluding steroid dienone is 1. The molecule has 33 heavy (non-hydrogen) atoms. The molecule has 0 N–H and O–H groups in total. The smallest absolute Gasteiger partial charge is 0.142 e. The molecule has 0 amide bonds. The molecule has 0 spiro atoms. The topological polar surface area (TPSA) is 13.1 Å². The van der Waals surface area contributed by atoms with Gasteiger partial charge in [0, 0.05) is 33.4 Å². The van der Waals surface area contributed by atoms with E-state index in [9.17, 15) is 0 Å². The highest BCUT2D eigenvalue weighted by Crippen LogP contribution is 2.44. The first kappa shape index (κ1) is 19.4. The van der Waals surface area contributed by atoms with E-state index in [4.69, 9.17) is 4.42 Å². The number of rotatable bonds is 4. The largest absolute Gasteiger partial charge is 0.455 e. The Morgan fingerprint density at radius 2 is 1.45 bits per heavy atom. The second-order valence-corrected chi connectivity index (χ2v) is 8.29. The van der Waals surface area contributed by atoms with Crippen molar-refractivity contribution < 1.29 is 4.42 Å². The predicted molar refractivity (Wildman–Crippen MR) is 135 cm³/mol. The maximum Gasteiger partial charge on any atom is 0.142 e. The van der Waals surface area contributed by atoms with E-state index in [2.05, 4.69) is 103 Å². The van der Waals surface area contributed by atoms with Gasteiger partial charge in [0.2, 0.25) is 0 Å². The molecule has 156 valence electrons. The molecule has 1 heterocycles. The van der Waals surface area contributed by atoms with Crippen LogP contribution in [0.5, 0.6) is 0 Å². The van der Waals surface area contributed by atoms with E-state index in [-0.39, 0.29) is 0 Å². The van der Waals surface area contributed by atoms with Crippen LogP contribution in [0.25, 0.3) is 51.0 Å². The van der Waals surface area contributed by atoms with Gasteiger partial charge in [-0.25, -0.2) is 0 Å². The van der Waals surface area contributed by atoms with E-state index in [0.717, 1.165) is 46.6 Å². The summed E-state index contributed by atoms with van der Waals surface area (Å²) in [4.78, 5) is 0. The van der Waals surface area contributed by atoms with Crippen LogP contribution in [0.3, 0.4) is 0 Å². The fourth-order valence-corrected chi connectivity index (χ4v) is 4.64. The Labute approximate surface area is 194 Å². The van der Waals surface area contributed by atoms with Gasteiger partial charge in [-0.15, -0.1) is 0 Å². The van der Waals surface area contributed by atoms with Crippen LogP contribution in [0.2, 0.25) is 0 Å². The highest BCUT2D eigenvalue weighted by molar-refractivity contribution is 5.89. The van der Waals surface area contributed by atoms with Crippen molar-refractivity contribution in [3.05, 3.63) is 126 Å². The zero-order chi connectivity index (χ0) is 22.0. The lowest BCUT2D eigenvalue weighted by Gasteiger charge is -2.13. The Hall–Kier alpha value is -4.28. The number of furan rings is 1. The summed E-state index contributed by atoms with van der Waals surface area (Å²) in [6, 6.07) is 39.9. The lowest BCUT2D eigenvalue weighted by molar-refractivity contribution is 0.594. The minimum absolute atomic E-state index is 0.941. The van der Waals surface area contributed by atoms with Crippen LogP contribution in [-0.4, -0.2) is 0 Å². The van der Waals surface area contributed by atoms with Gasteiger partial charge in [0.15, 0.2) is 0 Å². The van der Waals surface area contributed by atoms with Crippen LogP contribution in [0.15, 0.2) is 108 Å². The van der Waals surface area contributed by atoms with Gasteiger partial charge in [-0.1, -0.05) is 103 Å². The minimum Gasteiger partial charge on any atom is -0.455 e. The summed E-state index contributed by atoms with van der Waals surface area (Å²) in [5.41, 5.74) is 9.17. The third-order valence-electron chi connectivity index (χ3n) is 6.24. The van der Waals surface area contributed by atoms with Crippen molar-refractivity contribution in [3.8, 4) is 44.9 Å². The monoisotopic (exact) mass is 422 g/mol. The molecule has 1 heteroatoms. The first-order valence-electron chi connectivity index (χ1n) is 11.3. The Bertz CT molecular complexity index is 1420. The van der Waals surface area contributed by atoms with Crippen LogP contribution in [0, 0.1) is 12.1 Å². The summed E-state index contributed by atoms with van der Waals surface area (Å²) in [6.45, 7) is 0. The van der Waals surface area contributed by atoms with Crippen molar-refractivity contribution in [2.45, 2.75) is 12.8 Å². The lowest BCUT2D eigenvalue weighted by Crippen LogP contribution is -1.94. The molecule has 0 saturated heterocycles. The van der Waals surface area contributed by atoms with Crippen LogP contribution < -0.4 is 0 Å². The third-order valence-corrected chi connectivity index (χ3v) is 6.24. The maximum atomic E-state index is 6.72. The Morgan fingerprint density at radius 1 is 0.667 bits per heavy atom. The average Bonchev–Trinajstić information content (AvgIpc) is 3.30. The second-order valence-electron chi connectivity index (χ2n) is 8.29. The summed E-state index contributed by atoms with van der Waals surface area (Å²) in [5, 5.41) is 0. The molecule has 0 saturated carbocycles. The normalized spacial score (nSPS) is 12.2. The molecule has 0 radical (unpaired) electrons. The summed E-state index contributed by atoms with van der Waals surface area (Å²) in [6.07, 6.45) is 6.45. The predicted octanol–water partition coefficient (Wildman–Crippen LogP) is 8.51. The van der Waals surface area contributed by atoms with Crippen molar-refractivity contribution in [2.24, 2.45) is 0 Å². The quantitative estimate of drug-likeness (QED) is 0.283. The highest BCUT2D eigenvalue weighted by Gasteiger charge is 2.24. The van der Waals surface area contributed by atoms with E-state index in [1.165, 1.54) is 22.3 Å². The van der Waals surface area contributed by atoms with E-state index in [0.29, 0.717) is 0 Å². The van der Waals surface area contributed by atoms with E-state index in [1.807, 2.05) is 18.2 Å². The van der Waals surface area contributed by atoms with Crippen molar-refractivity contribution in [3.63, 3.8) is 0 Å². The number of hydrogen-bond acceptors (Lipinski definition) is 1. The zero-order valence-electron chi connectivity index (χ0n) is 18.2. The van der Waals surface area contributed by atoms with Crippen molar-refractivity contribution in [1.82, 2.24) is 0 Å². The minimum atomic E-state index is 0.941. The molecule has 1 aliphatic rings. The van der Waals surface area contributed by atoms with Crippen LogP contribution in [0.4, 0.5) is 0 Å². The molecular weight excluding hydrogens is 400 g/mol. The fraction of sp³-hybridized carbons (Fsp3) is 0.0625. The van der Waals surface area contributed by atoms with Gasteiger partial charge in [0.25, 0.3) is 0 Å². The number of hydrogen-bond donors (Lipinski definition) is 0. The Morgan fingerprint density at radius 3 is 2.21 bits per heavy atom. The molecule has 0 bridgehead atoms. The van der Waals surface area contributed by atoms with Gasteiger partial charge in [-0.3, -0.25) is 0 Å². The number of benzene rings is 3. The van der Waals surface area contributed by atoms with Crippen molar-refractivity contribution in [2.75, 3.05) is 0 Å². The molecule has 1 nitrogen and oxygen atoms in total. The molecule has 4 aromatic carbocycles. The molecule has 6 rings (SSSR count). The molecule has 5 aromatic rings. The Kier molecular flexibility index (Phi) is 4.90. The summed E-state index contributed by atoms with van der Waals surface area (Å²) >= 11 is 0. The van der Waals surface area contributed by atoms with Gasteiger partial charge in [0.05, 0.1) is 0 Å². The second kappa shape index (κ2) is 8.34. The van der Waals surface area contributed by atoms with E-state index < -0.39 is 0 Å². The fourth-order valence-electron chi connectivity index (χ4n) is 4.64.